The van der Waals surface area contributed by atoms with E-state index in [1.807, 2.05) is 31.2 Å². The maximum Gasteiger partial charge on any atom is 0.325 e. The van der Waals surface area contributed by atoms with E-state index < -0.39 is 29.1 Å². The second-order valence-electron chi connectivity index (χ2n) is 13.8. The van der Waals surface area contributed by atoms with Crippen LogP contribution < -0.4 is 15.0 Å². The Labute approximate surface area is 295 Å². The molecule has 2 fully saturated rings. The molecule has 0 saturated carbocycles. The lowest BCUT2D eigenvalue weighted by Gasteiger charge is -2.45. The van der Waals surface area contributed by atoms with E-state index in [1.54, 1.807) is 39.0 Å². The highest BCUT2D eigenvalue weighted by molar-refractivity contribution is 7.20. The molecule has 13 nitrogen and oxygen atoms in total. The van der Waals surface area contributed by atoms with E-state index in [9.17, 15) is 19.2 Å². The largest absolute Gasteiger partial charge is 0.496 e. The number of nitrogens with one attached hydrogen (secondary N) is 1. The molecule has 268 valence electrons. The first-order valence-corrected chi connectivity index (χ1v) is 17.7. The molecule has 3 aliphatic heterocycles. The molecule has 5 heterocycles. The number of amides is 3. The highest BCUT2D eigenvalue weighted by atomic mass is 32.1. The van der Waals surface area contributed by atoms with Crippen LogP contribution in [0.3, 0.4) is 0 Å². The molecule has 1 aromatic carbocycles. The fraction of sp³-hybridized carbons (Fsp3) is 0.528. The van der Waals surface area contributed by atoms with Gasteiger partial charge in [-0.25, -0.2) is 9.78 Å². The molecule has 0 radical (unpaired) electrons. The summed E-state index contributed by atoms with van der Waals surface area (Å²) in [5, 5.41) is 3.13. The number of fused-ring (bicyclic) bond motifs is 1. The standard InChI is InChI=1S/C36H44N4O9S/c1-22-28-30(42)36(12-15-39(16-13-36)34(44)38-20-27(41)49-35(2,3)4)33(43)40(32(28)50-29(22)31-37-14-19-47-31)21-26(48-23-10-17-46-18-11-23)24-8-6-7-9-25(24)45-5/h6-9,14,19,23,26H,10-13,15-18,20-21H2,1-5H3,(H,38,44)/t26-/m0/s1. The van der Waals surface area contributed by atoms with Crippen molar-refractivity contribution in [3.05, 3.63) is 53.4 Å². The van der Waals surface area contributed by atoms with Gasteiger partial charge in [-0.15, -0.1) is 11.3 Å². The molecule has 0 bridgehead atoms. The van der Waals surface area contributed by atoms with Crippen molar-refractivity contribution >= 4 is 40.0 Å². The zero-order valence-corrected chi connectivity index (χ0v) is 29.9. The highest BCUT2D eigenvalue weighted by Gasteiger charge is 2.56. The van der Waals surface area contributed by atoms with Gasteiger partial charge in [0, 0.05) is 31.9 Å². The molecule has 3 aliphatic rings. The number of hydrogen-bond donors (Lipinski definition) is 1. The van der Waals surface area contributed by atoms with Gasteiger partial charge < -0.3 is 33.6 Å². The van der Waals surface area contributed by atoms with Crippen molar-refractivity contribution in [1.82, 2.24) is 15.2 Å². The number of hydrogen-bond acceptors (Lipinski definition) is 11. The number of urea groups is 1. The van der Waals surface area contributed by atoms with Gasteiger partial charge in [-0.05, 0) is 65.0 Å². The second-order valence-corrected chi connectivity index (χ2v) is 14.8. The quantitative estimate of drug-likeness (QED) is 0.229. The van der Waals surface area contributed by atoms with E-state index in [4.69, 9.17) is 23.4 Å². The van der Waals surface area contributed by atoms with Crippen molar-refractivity contribution in [3.8, 4) is 16.5 Å². The van der Waals surface area contributed by atoms with Gasteiger partial charge >= 0.3 is 12.0 Å². The predicted molar refractivity (Wildman–Crippen MR) is 184 cm³/mol. The highest BCUT2D eigenvalue weighted by Crippen LogP contribution is 2.52. The normalized spacial score (nSPS) is 18.6. The number of nitrogens with zero attached hydrogens (tertiary/aromatic N) is 3. The van der Waals surface area contributed by atoms with E-state index in [1.165, 1.54) is 22.5 Å². The zero-order chi connectivity index (χ0) is 35.6. The van der Waals surface area contributed by atoms with Gasteiger partial charge in [0.2, 0.25) is 11.8 Å². The summed E-state index contributed by atoms with van der Waals surface area (Å²) in [6.45, 7) is 8.40. The first-order valence-electron chi connectivity index (χ1n) is 16.9. The smallest absolute Gasteiger partial charge is 0.325 e. The molecule has 3 aromatic rings. The van der Waals surface area contributed by atoms with Gasteiger partial charge in [-0.2, -0.15) is 0 Å². The topological polar surface area (TPSA) is 150 Å². The van der Waals surface area contributed by atoms with Crippen molar-refractivity contribution < 1.29 is 42.5 Å². The van der Waals surface area contributed by atoms with Crippen molar-refractivity contribution in [2.45, 2.75) is 71.2 Å². The van der Waals surface area contributed by atoms with Gasteiger partial charge in [0.25, 0.3) is 0 Å². The minimum absolute atomic E-state index is 0.0935. The molecular weight excluding hydrogens is 664 g/mol. The Bertz CT molecular complexity index is 1720. The van der Waals surface area contributed by atoms with Gasteiger partial charge in [-0.1, -0.05) is 18.2 Å². The van der Waals surface area contributed by atoms with Crippen molar-refractivity contribution in [1.29, 1.82) is 0 Å². The summed E-state index contributed by atoms with van der Waals surface area (Å²) in [5.74, 6) is -0.156. The van der Waals surface area contributed by atoms with Gasteiger partial charge in [0.15, 0.2) is 5.78 Å². The van der Waals surface area contributed by atoms with Crippen LogP contribution >= 0.6 is 11.3 Å². The minimum Gasteiger partial charge on any atom is -0.496 e. The predicted octanol–water partition coefficient (Wildman–Crippen LogP) is 5.32. The number of ether oxygens (including phenoxy) is 4. The van der Waals surface area contributed by atoms with Crippen molar-refractivity contribution in [2.24, 2.45) is 5.41 Å². The number of oxazole rings is 1. The molecule has 0 aliphatic carbocycles. The lowest BCUT2D eigenvalue weighted by Crippen LogP contribution is -2.59. The molecule has 6 rings (SSSR count). The Hall–Kier alpha value is -4.27. The Kier molecular flexibility index (Phi) is 10.3. The number of ketones is 1. The molecule has 1 atom stereocenters. The third-order valence-corrected chi connectivity index (χ3v) is 10.7. The summed E-state index contributed by atoms with van der Waals surface area (Å²) in [7, 11) is 1.60. The van der Waals surface area contributed by atoms with Crippen LogP contribution in [0, 0.1) is 12.3 Å². The van der Waals surface area contributed by atoms with Crippen molar-refractivity contribution in [2.75, 3.05) is 51.4 Å². The Morgan fingerprint density at radius 1 is 1.14 bits per heavy atom. The molecule has 14 heteroatoms. The van der Waals surface area contributed by atoms with Crippen LogP contribution in [0.5, 0.6) is 5.75 Å². The van der Waals surface area contributed by atoms with E-state index >= 15 is 0 Å². The average Bonchev–Trinajstić information content (AvgIpc) is 3.76. The Balaban J connectivity index is 1.32. The monoisotopic (exact) mass is 708 g/mol. The van der Waals surface area contributed by atoms with E-state index in [0.29, 0.717) is 58.7 Å². The fourth-order valence-electron chi connectivity index (χ4n) is 6.87. The minimum atomic E-state index is -1.40. The molecule has 1 N–H and O–H groups in total. The van der Waals surface area contributed by atoms with E-state index in [0.717, 1.165) is 5.56 Å². The lowest BCUT2D eigenvalue weighted by molar-refractivity contribution is -0.153. The number of carbonyl (C=O) groups excluding carboxylic acids is 4. The van der Waals surface area contributed by atoms with Crippen LogP contribution in [0.25, 0.3) is 10.8 Å². The second kappa shape index (κ2) is 14.5. The first kappa shape index (κ1) is 35.6. The summed E-state index contributed by atoms with van der Waals surface area (Å²) in [6, 6.07) is 7.13. The summed E-state index contributed by atoms with van der Waals surface area (Å²) < 4.78 is 29.0. The molecule has 2 saturated heterocycles. The number of likely N-dealkylation sites (tertiary alicyclic amines) is 1. The molecule has 50 heavy (non-hydrogen) atoms. The summed E-state index contributed by atoms with van der Waals surface area (Å²) in [4.78, 5) is 63.0. The lowest BCUT2D eigenvalue weighted by atomic mass is 9.69. The number of Topliss-reactive ketones (excluding diaryl/α,β-unsaturated/α-hetero) is 1. The number of anilines is 1. The number of methoxy groups -OCH3 is 1. The number of benzene rings is 1. The SMILES string of the molecule is COc1ccccc1[C@H](CN1C(=O)C2(CCN(C(=O)NCC(=O)OC(C)(C)C)CC2)C(=O)c2c1sc(-c1ncco1)c2C)OC1CCOCC1. The number of piperidine rings is 1. The van der Waals surface area contributed by atoms with Crippen LogP contribution in [-0.4, -0.2) is 91.8 Å². The number of aromatic nitrogens is 1. The maximum atomic E-state index is 14.9. The number of para-hydroxylation sites is 1. The zero-order valence-electron chi connectivity index (χ0n) is 29.1. The van der Waals surface area contributed by atoms with Crippen LogP contribution in [-0.2, 0) is 23.8 Å². The van der Waals surface area contributed by atoms with Crippen LogP contribution in [0.2, 0.25) is 0 Å². The van der Waals surface area contributed by atoms with Gasteiger partial charge in [0.1, 0.15) is 40.7 Å². The van der Waals surface area contributed by atoms with Gasteiger partial charge in [-0.3, -0.25) is 19.3 Å². The molecule has 2 aromatic heterocycles. The third kappa shape index (κ3) is 7.14. The van der Waals surface area contributed by atoms with Crippen molar-refractivity contribution in [3.63, 3.8) is 0 Å². The number of rotatable bonds is 9. The van der Waals surface area contributed by atoms with Crippen LogP contribution in [0.1, 0.15) is 74.0 Å². The summed E-state index contributed by atoms with van der Waals surface area (Å²) in [6.07, 6.45) is 4.00. The van der Waals surface area contributed by atoms with E-state index in [2.05, 4.69) is 10.3 Å². The average molecular weight is 709 g/mol. The Morgan fingerprint density at radius 2 is 1.86 bits per heavy atom. The summed E-state index contributed by atoms with van der Waals surface area (Å²) >= 11 is 1.30. The first-order chi connectivity index (χ1) is 23.9. The third-order valence-electron chi connectivity index (χ3n) is 9.38. The summed E-state index contributed by atoms with van der Waals surface area (Å²) in [5.41, 5.74) is -0.154. The number of esters is 1. The number of carbonyl (C=O) groups is 4. The number of thiophene rings is 1. The Morgan fingerprint density at radius 3 is 2.52 bits per heavy atom. The van der Waals surface area contributed by atoms with E-state index in [-0.39, 0.29) is 56.8 Å². The fourth-order valence-corrected chi connectivity index (χ4v) is 8.13. The maximum absolute atomic E-state index is 14.9. The molecule has 1 spiro atoms. The van der Waals surface area contributed by atoms with Crippen LogP contribution in [0.15, 0.2) is 41.1 Å². The molecule has 0 unspecified atom stereocenters. The molecule has 3 amide bonds. The molecular formula is C36H44N4O9S. The van der Waals surface area contributed by atoms with Crippen LogP contribution in [0.4, 0.5) is 9.80 Å². The van der Waals surface area contributed by atoms with Gasteiger partial charge in [0.05, 0.1) is 36.4 Å².